The van der Waals surface area contributed by atoms with E-state index in [1.54, 1.807) is 18.2 Å². The summed E-state index contributed by atoms with van der Waals surface area (Å²) in [6, 6.07) is 3.24. The van der Waals surface area contributed by atoms with Crippen LogP contribution in [0.4, 0.5) is 0 Å². The third-order valence-corrected chi connectivity index (χ3v) is 5.06. The van der Waals surface area contributed by atoms with Crippen molar-refractivity contribution in [2.45, 2.75) is 12.8 Å². The zero-order valence-corrected chi connectivity index (χ0v) is 13.7. The number of hydrogen-bond acceptors (Lipinski definition) is 4. The molecule has 1 N–H and O–H groups in total. The van der Waals surface area contributed by atoms with Crippen LogP contribution in [0.5, 0.6) is 5.75 Å². The fourth-order valence-electron chi connectivity index (χ4n) is 2.97. The van der Waals surface area contributed by atoms with Crippen molar-refractivity contribution >= 4 is 41.0 Å². The first-order valence-electron chi connectivity index (χ1n) is 7.31. The first kappa shape index (κ1) is 16.1. The van der Waals surface area contributed by atoms with E-state index in [0.29, 0.717) is 11.3 Å². The minimum absolute atomic E-state index is 0.110. The van der Waals surface area contributed by atoms with Crippen molar-refractivity contribution in [3.05, 3.63) is 33.4 Å². The molecule has 4 rings (SSSR count). The van der Waals surface area contributed by atoms with Crippen LogP contribution in [-0.2, 0) is 9.59 Å². The Hall–Kier alpha value is -1.72. The van der Waals surface area contributed by atoms with Gasteiger partial charge in [0.25, 0.3) is 0 Å². The molecule has 3 saturated heterocycles. The molecule has 7 heteroatoms. The lowest BCUT2D eigenvalue weighted by molar-refractivity contribution is -0.139. The number of benzene rings is 1. The summed E-state index contributed by atoms with van der Waals surface area (Å²) < 4.78 is 5.08. The number of rotatable bonds is 4. The van der Waals surface area contributed by atoms with Gasteiger partial charge in [-0.25, -0.2) is 4.79 Å². The van der Waals surface area contributed by atoms with E-state index >= 15 is 0 Å². The van der Waals surface area contributed by atoms with Crippen molar-refractivity contribution in [3.8, 4) is 5.75 Å². The minimum atomic E-state index is -1.10. The zero-order valence-electron chi connectivity index (χ0n) is 12.2. The van der Waals surface area contributed by atoms with E-state index in [1.807, 2.05) is 0 Å². The van der Waals surface area contributed by atoms with Crippen LogP contribution in [0, 0.1) is 5.92 Å². The van der Waals surface area contributed by atoms with Crippen LogP contribution in [-0.4, -0.2) is 41.5 Å². The predicted molar refractivity (Wildman–Crippen MR) is 86.9 cm³/mol. The Morgan fingerprint density at radius 2 is 2.00 bits per heavy atom. The van der Waals surface area contributed by atoms with Crippen LogP contribution in [0.3, 0.4) is 0 Å². The van der Waals surface area contributed by atoms with Crippen LogP contribution >= 0.6 is 23.2 Å². The number of nitrogens with zero attached hydrogens (tertiary/aromatic N) is 1. The largest absolute Gasteiger partial charge is 0.480 e. The molecule has 0 aromatic heterocycles. The number of allylic oxidation sites excluding steroid dienone is 1. The molecule has 0 aliphatic carbocycles. The summed E-state index contributed by atoms with van der Waals surface area (Å²) >= 11 is 12.4. The average molecular weight is 356 g/mol. The molecule has 122 valence electrons. The van der Waals surface area contributed by atoms with Gasteiger partial charge in [-0.1, -0.05) is 23.2 Å². The Bertz CT molecular complexity index is 694. The van der Waals surface area contributed by atoms with Crippen molar-refractivity contribution in [1.29, 1.82) is 0 Å². The van der Waals surface area contributed by atoms with Crippen molar-refractivity contribution in [2.24, 2.45) is 5.92 Å². The minimum Gasteiger partial charge on any atom is -0.480 e. The Balaban J connectivity index is 1.89. The first-order chi connectivity index (χ1) is 11.0. The quantitative estimate of drug-likeness (QED) is 0.840. The lowest BCUT2D eigenvalue weighted by Crippen LogP contribution is -2.45. The van der Waals surface area contributed by atoms with E-state index in [9.17, 15) is 9.59 Å². The Labute approximate surface area is 143 Å². The number of halogens is 2. The lowest BCUT2D eigenvalue weighted by atomic mass is 9.84. The van der Waals surface area contributed by atoms with Crippen molar-refractivity contribution in [3.63, 3.8) is 0 Å². The van der Waals surface area contributed by atoms with Crippen LogP contribution < -0.4 is 4.74 Å². The normalized spacial score (nSPS) is 19.5. The molecule has 0 amide bonds. The zero-order chi connectivity index (χ0) is 16.6. The van der Waals surface area contributed by atoms with Gasteiger partial charge in [0.05, 0.1) is 10.7 Å². The Morgan fingerprint density at radius 3 is 2.61 bits per heavy atom. The second-order valence-corrected chi connectivity index (χ2v) is 6.37. The van der Waals surface area contributed by atoms with Gasteiger partial charge in [0.2, 0.25) is 0 Å². The first-order valence-corrected chi connectivity index (χ1v) is 8.06. The molecule has 2 bridgehead atoms. The van der Waals surface area contributed by atoms with Gasteiger partial charge in [0.15, 0.2) is 12.4 Å². The third kappa shape index (κ3) is 3.16. The molecule has 0 saturated carbocycles. The molecule has 3 aliphatic rings. The SMILES string of the molecule is O=C(O)COc1ccc(/C=C2\C(=O)C3CCN2CC3)c(Cl)c1Cl. The van der Waals surface area contributed by atoms with Crippen LogP contribution in [0.2, 0.25) is 10.0 Å². The molecule has 0 atom stereocenters. The number of fused-ring (bicyclic) bond motifs is 3. The number of piperidine rings is 3. The van der Waals surface area contributed by atoms with Gasteiger partial charge in [-0.3, -0.25) is 4.79 Å². The summed E-state index contributed by atoms with van der Waals surface area (Å²) in [5.41, 5.74) is 1.29. The number of carboxylic acids is 1. The topological polar surface area (TPSA) is 66.8 Å². The number of aliphatic carboxylic acids is 1. The summed E-state index contributed by atoms with van der Waals surface area (Å²) in [7, 11) is 0. The highest BCUT2D eigenvalue weighted by molar-refractivity contribution is 6.43. The van der Waals surface area contributed by atoms with E-state index in [-0.39, 0.29) is 27.5 Å². The summed E-state index contributed by atoms with van der Waals surface area (Å²) in [6.07, 6.45) is 3.57. The summed E-state index contributed by atoms with van der Waals surface area (Å²) in [5, 5.41) is 9.03. The number of carboxylic acid groups (broad SMARTS) is 1. The van der Waals surface area contributed by atoms with E-state index in [4.69, 9.17) is 33.0 Å². The van der Waals surface area contributed by atoms with Gasteiger partial charge in [-0.05, 0) is 36.6 Å². The lowest BCUT2D eigenvalue weighted by Gasteiger charge is -2.41. The highest BCUT2D eigenvalue weighted by atomic mass is 35.5. The molecule has 23 heavy (non-hydrogen) atoms. The van der Waals surface area contributed by atoms with E-state index < -0.39 is 12.6 Å². The highest BCUT2D eigenvalue weighted by Crippen LogP contribution is 2.38. The van der Waals surface area contributed by atoms with Gasteiger partial charge in [-0.2, -0.15) is 0 Å². The average Bonchev–Trinajstić information content (AvgIpc) is 2.54. The molecule has 3 heterocycles. The maximum Gasteiger partial charge on any atom is 0.341 e. The molecule has 1 aromatic rings. The maximum absolute atomic E-state index is 12.4. The number of carbonyl (C=O) groups excluding carboxylic acids is 1. The second kappa shape index (κ2) is 6.42. The molecule has 0 spiro atoms. The second-order valence-electron chi connectivity index (χ2n) is 5.62. The van der Waals surface area contributed by atoms with E-state index in [2.05, 4.69) is 4.90 Å². The van der Waals surface area contributed by atoms with E-state index in [1.165, 1.54) is 0 Å². The fourth-order valence-corrected chi connectivity index (χ4v) is 3.40. The van der Waals surface area contributed by atoms with Gasteiger partial charge >= 0.3 is 5.97 Å². The maximum atomic E-state index is 12.4. The standard InChI is InChI=1S/C16H15Cl2NO4/c17-14-10(1-2-12(15(14)18)23-8-13(20)21)7-11-16(22)9-3-5-19(11)6-4-9/h1-2,7,9H,3-6,8H2,(H,20,21)/b11-7+. The summed E-state index contributed by atoms with van der Waals surface area (Å²) in [4.78, 5) is 25.0. The monoisotopic (exact) mass is 355 g/mol. The number of ether oxygens (including phenoxy) is 1. The van der Waals surface area contributed by atoms with Crippen LogP contribution in [0.1, 0.15) is 18.4 Å². The van der Waals surface area contributed by atoms with Crippen molar-refractivity contribution < 1.29 is 19.4 Å². The van der Waals surface area contributed by atoms with Crippen LogP contribution in [0.25, 0.3) is 6.08 Å². The van der Waals surface area contributed by atoms with Gasteiger partial charge in [0.1, 0.15) is 10.8 Å². The highest BCUT2D eigenvalue weighted by Gasteiger charge is 2.36. The van der Waals surface area contributed by atoms with E-state index in [0.717, 1.165) is 25.9 Å². The van der Waals surface area contributed by atoms with Gasteiger partial charge in [-0.15, -0.1) is 0 Å². The number of hydrogen-bond donors (Lipinski definition) is 1. The molecule has 5 nitrogen and oxygen atoms in total. The summed E-state index contributed by atoms with van der Waals surface area (Å²) in [6.45, 7) is 1.27. The molecule has 1 aromatic carbocycles. The number of ketones is 1. The number of carbonyl (C=O) groups is 2. The molecule has 0 unspecified atom stereocenters. The fraction of sp³-hybridized carbons (Fsp3) is 0.375. The molecular formula is C16H15Cl2NO4. The van der Waals surface area contributed by atoms with Crippen molar-refractivity contribution in [1.82, 2.24) is 4.90 Å². The molecular weight excluding hydrogens is 341 g/mol. The number of Topliss-reactive ketones (excluding diaryl/α,β-unsaturated/α-hetero) is 1. The third-order valence-electron chi connectivity index (χ3n) is 4.18. The van der Waals surface area contributed by atoms with Gasteiger partial charge < -0.3 is 14.7 Å². The van der Waals surface area contributed by atoms with Crippen molar-refractivity contribution in [2.75, 3.05) is 19.7 Å². The predicted octanol–water partition coefficient (Wildman–Crippen LogP) is 3.09. The molecule has 3 aliphatic heterocycles. The molecule has 0 radical (unpaired) electrons. The van der Waals surface area contributed by atoms with Gasteiger partial charge in [0, 0.05) is 19.0 Å². The molecule has 3 fully saturated rings. The Kier molecular flexibility index (Phi) is 4.50. The Morgan fingerprint density at radius 1 is 1.30 bits per heavy atom. The van der Waals surface area contributed by atoms with Crippen LogP contribution in [0.15, 0.2) is 17.8 Å². The summed E-state index contributed by atoms with van der Waals surface area (Å²) in [5.74, 6) is -0.627. The smallest absolute Gasteiger partial charge is 0.341 e.